The van der Waals surface area contributed by atoms with Crippen LogP contribution in [0.1, 0.15) is 39.0 Å². The van der Waals surface area contributed by atoms with Crippen molar-refractivity contribution in [2.45, 2.75) is 32.4 Å². The van der Waals surface area contributed by atoms with Gasteiger partial charge in [0, 0.05) is 15.6 Å². The van der Waals surface area contributed by atoms with E-state index in [0.717, 1.165) is 31.9 Å². The van der Waals surface area contributed by atoms with Crippen molar-refractivity contribution in [3.05, 3.63) is 111 Å². The second-order valence-corrected chi connectivity index (χ2v) is 9.89. The monoisotopic (exact) mass is 513 g/mol. The first-order valence-electron chi connectivity index (χ1n) is 11.2. The van der Waals surface area contributed by atoms with Gasteiger partial charge in [0.1, 0.15) is 0 Å². The van der Waals surface area contributed by atoms with Crippen LogP contribution >= 0.6 is 15.9 Å². The molecule has 1 atom stereocenters. The number of carbonyl (C=O) groups excluding carboxylic acids is 2. The van der Waals surface area contributed by atoms with Gasteiger partial charge in [0.2, 0.25) is 0 Å². The molecule has 0 fully saturated rings. The summed E-state index contributed by atoms with van der Waals surface area (Å²) in [5.41, 5.74) is 2.86. The molecule has 1 unspecified atom stereocenters. The van der Waals surface area contributed by atoms with E-state index in [1.54, 1.807) is 17.0 Å². The molecule has 1 aliphatic rings. The summed E-state index contributed by atoms with van der Waals surface area (Å²) in [6, 6.07) is 24.7. The highest BCUT2D eigenvalue weighted by Crippen LogP contribution is 2.45. The summed E-state index contributed by atoms with van der Waals surface area (Å²) in [5.74, 6) is -0.749. The van der Waals surface area contributed by atoms with Crippen LogP contribution in [0, 0.1) is 13.8 Å². The molecule has 5 rings (SSSR count). The molecule has 5 heteroatoms. The first kappa shape index (κ1) is 22.5. The van der Waals surface area contributed by atoms with E-state index >= 15 is 0 Å². The molecular formula is C29H24BrNO3. The van der Waals surface area contributed by atoms with Crippen LogP contribution < -0.4 is 4.90 Å². The Morgan fingerprint density at radius 2 is 1.74 bits per heavy atom. The van der Waals surface area contributed by atoms with Crippen molar-refractivity contribution in [2.24, 2.45) is 0 Å². The quantitative estimate of drug-likeness (QED) is 0.322. The summed E-state index contributed by atoms with van der Waals surface area (Å²) >= 11 is 3.46. The zero-order valence-electron chi connectivity index (χ0n) is 19.0. The topological polar surface area (TPSA) is 57.6 Å². The Morgan fingerprint density at radius 1 is 0.971 bits per heavy atom. The van der Waals surface area contributed by atoms with E-state index in [1.165, 1.54) is 0 Å². The molecule has 1 N–H and O–H groups in total. The van der Waals surface area contributed by atoms with Gasteiger partial charge in [-0.05, 0) is 53.9 Å². The van der Waals surface area contributed by atoms with Gasteiger partial charge >= 0.3 is 0 Å². The van der Waals surface area contributed by atoms with E-state index in [2.05, 4.69) is 22.0 Å². The Hall–Kier alpha value is -3.28. The second kappa shape index (κ2) is 8.49. The smallest absolute Gasteiger partial charge is 0.264 e. The molecule has 0 saturated heterocycles. The van der Waals surface area contributed by atoms with Crippen molar-refractivity contribution in [3.8, 4) is 0 Å². The van der Waals surface area contributed by atoms with Gasteiger partial charge in [0.25, 0.3) is 5.91 Å². The lowest BCUT2D eigenvalue weighted by Crippen LogP contribution is -2.41. The molecule has 0 radical (unpaired) electrons. The van der Waals surface area contributed by atoms with Crippen molar-refractivity contribution in [2.75, 3.05) is 4.90 Å². The lowest BCUT2D eigenvalue weighted by Gasteiger charge is -2.23. The van der Waals surface area contributed by atoms with Gasteiger partial charge in [-0.3, -0.25) is 9.59 Å². The highest BCUT2D eigenvalue weighted by Gasteiger charge is 2.51. The normalized spacial score (nSPS) is 17.3. The Morgan fingerprint density at radius 3 is 2.53 bits per heavy atom. The fourth-order valence-corrected chi connectivity index (χ4v) is 5.20. The zero-order valence-corrected chi connectivity index (χ0v) is 20.6. The van der Waals surface area contributed by atoms with E-state index in [0.29, 0.717) is 23.4 Å². The Labute approximate surface area is 207 Å². The number of rotatable bonds is 5. The predicted molar refractivity (Wildman–Crippen MR) is 138 cm³/mol. The summed E-state index contributed by atoms with van der Waals surface area (Å²) in [7, 11) is 0. The maximum atomic E-state index is 13.7. The fourth-order valence-electron chi connectivity index (χ4n) is 4.84. The van der Waals surface area contributed by atoms with Gasteiger partial charge in [0.05, 0.1) is 18.7 Å². The molecule has 0 aliphatic carbocycles. The lowest BCUT2D eigenvalue weighted by atomic mass is 9.87. The summed E-state index contributed by atoms with van der Waals surface area (Å²) in [6.45, 7) is 4.37. The molecule has 1 amide bonds. The van der Waals surface area contributed by atoms with Crippen LogP contribution in [0.25, 0.3) is 10.8 Å². The molecular weight excluding hydrogens is 490 g/mol. The number of halogens is 1. The Bertz CT molecular complexity index is 1460. The van der Waals surface area contributed by atoms with Gasteiger partial charge in [-0.1, -0.05) is 82.2 Å². The number of Topliss-reactive ketones (excluding diaryl/α,β-unsaturated/α-hetero) is 1. The number of benzene rings is 4. The molecule has 170 valence electrons. The number of aliphatic hydroxyl groups is 1. The number of aryl methyl sites for hydroxylation is 2. The third-order valence-electron chi connectivity index (χ3n) is 6.63. The highest BCUT2D eigenvalue weighted by atomic mass is 79.9. The molecule has 0 aromatic heterocycles. The minimum absolute atomic E-state index is 0.271. The molecule has 0 saturated carbocycles. The first-order valence-corrected chi connectivity index (χ1v) is 12.0. The summed E-state index contributed by atoms with van der Waals surface area (Å²) in [6.07, 6.45) is -0.327. The van der Waals surface area contributed by atoms with Crippen LogP contribution in [0.3, 0.4) is 0 Å². The average molecular weight is 514 g/mol. The predicted octanol–water partition coefficient (Wildman–Crippen LogP) is 6.23. The van der Waals surface area contributed by atoms with Crippen LogP contribution in [-0.2, 0) is 16.9 Å². The van der Waals surface area contributed by atoms with Gasteiger partial charge in [-0.15, -0.1) is 0 Å². The number of hydrogen-bond acceptors (Lipinski definition) is 3. The van der Waals surface area contributed by atoms with Crippen LogP contribution in [0.2, 0.25) is 0 Å². The summed E-state index contributed by atoms with van der Waals surface area (Å²) < 4.78 is 0.739. The van der Waals surface area contributed by atoms with Gasteiger partial charge in [0.15, 0.2) is 11.4 Å². The standard InChI is InChI=1S/C29H24BrNO3/c1-18-10-11-21(19(2)14-18)17-31-26-13-12-22(30)15-25(26)29(34,28(31)33)16-27(32)24-9-5-7-20-6-3-4-8-23(20)24/h3-15,34H,16-17H2,1-2H3. The molecule has 0 bridgehead atoms. The van der Waals surface area contributed by atoms with E-state index in [1.807, 2.05) is 74.5 Å². The van der Waals surface area contributed by atoms with Gasteiger partial charge in [-0.25, -0.2) is 0 Å². The number of fused-ring (bicyclic) bond motifs is 2. The zero-order chi connectivity index (χ0) is 24.0. The van der Waals surface area contributed by atoms with Crippen LogP contribution in [0.5, 0.6) is 0 Å². The van der Waals surface area contributed by atoms with Crippen LogP contribution in [0.4, 0.5) is 5.69 Å². The van der Waals surface area contributed by atoms with E-state index in [-0.39, 0.29) is 12.2 Å². The first-order chi connectivity index (χ1) is 16.3. The number of carbonyl (C=O) groups is 2. The minimum Gasteiger partial charge on any atom is -0.375 e. The molecule has 34 heavy (non-hydrogen) atoms. The Kier molecular flexibility index (Phi) is 5.62. The lowest BCUT2D eigenvalue weighted by molar-refractivity contribution is -0.136. The van der Waals surface area contributed by atoms with E-state index in [9.17, 15) is 14.7 Å². The third-order valence-corrected chi connectivity index (χ3v) is 7.12. The summed E-state index contributed by atoms with van der Waals surface area (Å²) in [4.78, 5) is 28.8. The van der Waals surface area contributed by atoms with Crippen molar-refractivity contribution in [1.82, 2.24) is 0 Å². The largest absolute Gasteiger partial charge is 0.375 e. The van der Waals surface area contributed by atoms with E-state index < -0.39 is 11.5 Å². The highest BCUT2D eigenvalue weighted by molar-refractivity contribution is 9.10. The van der Waals surface area contributed by atoms with E-state index in [4.69, 9.17) is 0 Å². The molecule has 4 aromatic carbocycles. The van der Waals surface area contributed by atoms with Gasteiger partial charge in [-0.2, -0.15) is 0 Å². The maximum absolute atomic E-state index is 13.7. The van der Waals surface area contributed by atoms with Crippen molar-refractivity contribution in [1.29, 1.82) is 0 Å². The van der Waals surface area contributed by atoms with Crippen molar-refractivity contribution < 1.29 is 14.7 Å². The molecule has 1 heterocycles. The minimum atomic E-state index is -1.94. The SMILES string of the molecule is Cc1ccc(CN2C(=O)C(O)(CC(=O)c3cccc4ccccc34)c3cc(Br)ccc32)c(C)c1. The number of anilines is 1. The number of amides is 1. The fraction of sp³-hybridized carbons (Fsp3) is 0.172. The maximum Gasteiger partial charge on any atom is 0.264 e. The summed E-state index contributed by atoms with van der Waals surface area (Å²) in [5, 5.41) is 13.5. The molecule has 4 nitrogen and oxygen atoms in total. The molecule has 0 spiro atoms. The molecule has 1 aliphatic heterocycles. The van der Waals surface area contributed by atoms with Crippen molar-refractivity contribution >= 4 is 44.1 Å². The third kappa shape index (κ3) is 3.75. The Balaban J connectivity index is 1.55. The van der Waals surface area contributed by atoms with Crippen LogP contribution in [0.15, 0.2) is 83.3 Å². The van der Waals surface area contributed by atoms with Gasteiger partial charge < -0.3 is 10.0 Å². The number of ketones is 1. The second-order valence-electron chi connectivity index (χ2n) is 8.97. The average Bonchev–Trinajstić information content (AvgIpc) is 3.01. The number of hydrogen-bond donors (Lipinski definition) is 1. The van der Waals surface area contributed by atoms with Crippen LogP contribution in [-0.4, -0.2) is 16.8 Å². The molecule has 4 aromatic rings. The van der Waals surface area contributed by atoms with Crippen molar-refractivity contribution in [3.63, 3.8) is 0 Å². The number of nitrogens with zero attached hydrogens (tertiary/aromatic N) is 1.